The first-order chi connectivity index (χ1) is 7.73. The molecule has 0 spiro atoms. The summed E-state index contributed by atoms with van der Waals surface area (Å²) in [7, 11) is 0. The lowest BCUT2D eigenvalue weighted by atomic mass is 9.81. The van der Waals surface area contributed by atoms with Crippen LogP contribution in [-0.2, 0) is 9.53 Å². The van der Waals surface area contributed by atoms with E-state index in [9.17, 15) is 4.79 Å². The molecule has 2 rings (SSSR count). The van der Waals surface area contributed by atoms with Crippen LogP contribution in [0.25, 0.3) is 0 Å². The van der Waals surface area contributed by atoms with Gasteiger partial charge in [-0.2, -0.15) is 0 Å². The Hall–Kier alpha value is -0.830. The standard InChI is InChI=1S/C13H21NO2/c1-3-7-14-13(12(15)16-4-2)9-10-5-6-11(13)8-10/h3,10-11,14H,1,4-9H2,2H3. The fourth-order valence-electron chi connectivity index (χ4n) is 3.38. The zero-order valence-corrected chi connectivity index (χ0v) is 10.00. The van der Waals surface area contributed by atoms with Gasteiger partial charge in [0.1, 0.15) is 5.54 Å². The Morgan fingerprint density at radius 2 is 2.44 bits per heavy atom. The van der Waals surface area contributed by atoms with E-state index in [1.54, 1.807) is 0 Å². The summed E-state index contributed by atoms with van der Waals surface area (Å²) < 4.78 is 5.24. The van der Waals surface area contributed by atoms with Gasteiger partial charge in [0.15, 0.2) is 0 Å². The predicted octanol–water partition coefficient (Wildman–Crippen LogP) is 1.88. The van der Waals surface area contributed by atoms with Gasteiger partial charge in [-0.15, -0.1) is 6.58 Å². The SMILES string of the molecule is C=CCNC1(C(=O)OCC)CC2CCC1C2. The molecule has 2 aliphatic carbocycles. The van der Waals surface area contributed by atoms with E-state index >= 15 is 0 Å². The van der Waals surface area contributed by atoms with Crippen LogP contribution >= 0.6 is 0 Å². The minimum Gasteiger partial charge on any atom is -0.465 e. The molecule has 3 heteroatoms. The number of rotatable bonds is 5. The van der Waals surface area contributed by atoms with Crippen molar-refractivity contribution in [1.29, 1.82) is 0 Å². The fourth-order valence-corrected chi connectivity index (χ4v) is 3.38. The molecule has 0 heterocycles. The Labute approximate surface area is 97.2 Å². The molecule has 0 radical (unpaired) electrons. The van der Waals surface area contributed by atoms with Crippen molar-refractivity contribution in [3.63, 3.8) is 0 Å². The van der Waals surface area contributed by atoms with Crippen molar-refractivity contribution < 1.29 is 9.53 Å². The molecule has 0 aliphatic heterocycles. The van der Waals surface area contributed by atoms with Crippen molar-refractivity contribution in [2.24, 2.45) is 11.8 Å². The van der Waals surface area contributed by atoms with E-state index in [0.29, 0.717) is 25.0 Å². The molecule has 2 fully saturated rings. The van der Waals surface area contributed by atoms with E-state index in [2.05, 4.69) is 11.9 Å². The van der Waals surface area contributed by atoms with Crippen LogP contribution in [0.15, 0.2) is 12.7 Å². The molecule has 2 bridgehead atoms. The van der Waals surface area contributed by atoms with Crippen LogP contribution < -0.4 is 5.32 Å². The fraction of sp³-hybridized carbons (Fsp3) is 0.769. The van der Waals surface area contributed by atoms with Gasteiger partial charge in [0.05, 0.1) is 6.61 Å². The second-order valence-corrected chi connectivity index (χ2v) is 4.94. The van der Waals surface area contributed by atoms with Gasteiger partial charge in [-0.05, 0) is 38.0 Å². The summed E-state index contributed by atoms with van der Waals surface area (Å²) in [6.07, 6.45) is 6.38. The summed E-state index contributed by atoms with van der Waals surface area (Å²) in [5, 5.41) is 3.37. The minimum atomic E-state index is -0.410. The molecule has 3 atom stereocenters. The maximum atomic E-state index is 12.1. The maximum absolute atomic E-state index is 12.1. The minimum absolute atomic E-state index is 0.0518. The van der Waals surface area contributed by atoms with Gasteiger partial charge < -0.3 is 4.74 Å². The number of esters is 1. The quantitative estimate of drug-likeness (QED) is 0.571. The second kappa shape index (κ2) is 4.58. The average molecular weight is 223 g/mol. The van der Waals surface area contributed by atoms with Gasteiger partial charge in [-0.1, -0.05) is 12.5 Å². The molecule has 2 saturated carbocycles. The van der Waals surface area contributed by atoms with Crippen molar-refractivity contribution in [1.82, 2.24) is 5.32 Å². The summed E-state index contributed by atoms with van der Waals surface area (Å²) in [4.78, 5) is 12.1. The zero-order chi connectivity index (χ0) is 11.6. The monoisotopic (exact) mass is 223 g/mol. The van der Waals surface area contributed by atoms with Crippen molar-refractivity contribution in [2.45, 2.75) is 38.1 Å². The Morgan fingerprint density at radius 3 is 2.94 bits per heavy atom. The van der Waals surface area contributed by atoms with Crippen LogP contribution in [0.4, 0.5) is 0 Å². The number of hydrogen-bond acceptors (Lipinski definition) is 3. The van der Waals surface area contributed by atoms with Gasteiger partial charge in [0, 0.05) is 6.54 Å². The predicted molar refractivity (Wildman–Crippen MR) is 63.0 cm³/mol. The lowest BCUT2D eigenvalue weighted by molar-refractivity contribution is -0.153. The third kappa shape index (κ3) is 1.77. The molecule has 16 heavy (non-hydrogen) atoms. The van der Waals surface area contributed by atoms with Crippen molar-refractivity contribution in [3.05, 3.63) is 12.7 Å². The topological polar surface area (TPSA) is 38.3 Å². The highest BCUT2D eigenvalue weighted by Gasteiger charge is 2.56. The summed E-state index contributed by atoms with van der Waals surface area (Å²) >= 11 is 0. The lowest BCUT2D eigenvalue weighted by Crippen LogP contribution is -2.56. The smallest absolute Gasteiger partial charge is 0.326 e. The third-order valence-corrected chi connectivity index (χ3v) is 4.05. The molecule has 2 aliphatic rings. The van der Waals surface area contributed by atoms with Gasteiger partial charge in [-0.3, -0.25) is 10.1 Å². The van der Waals surface area contributed by atoms with Crippen molar-refractivity contribution in [3.8, 4) is 0 Å². The van der Waals surface area contributed by atoms with Crippen LogP contribution in [-0.4, -0.2) is 24.7 Å². The zero-order valence-electron chi connectivity index (χ0n) is 10.00. The Balaban J connectivity index is 2.13. The number of carbonyl (C=O) groups is 1. The molecule has 0 aromatic heterocycles. The molecule has 3 unspecified atom stereocenters. The molecule has 90 valence electrons. The number of hydrogen-bond donors (Lipinski definition) is 1. The van der Waals surface area contributed by atoms with Gasteiger partial charge >= 0.3 is 5.97 Å². The first-order valence-corrected chi connectivity index (χ1v) is 6.26. The van der Waals surface area contributed by atoms with E-state index in [1.807, 2.05) is 13.0 Å². The highest BCUT2D eigenvalue weighted by Crippen LogP contribution is 2.51. The van der Waals surface area contributed by atoms with E-state index in [1.165, 1.54) is 12.8 Å². The first kappa shape index (κ1) is 11.6. The highest BCUT2D eigenvalue weighted by atomic mass is 16.5. The van der Waals surface area contributed by atoms with Crippen LogP contribution in [0.1, 0.15) is 32.6 Å². The molecule has 0 aromatic rings. The number of ether oxygens (including phenoxy) is 1. The van der Waals surface area contributed by atoms with Crippen LogP contribution in [0.2, 0.25) is 0 Å². The molecule has 0 aromatic carbocycles. The number of carbonyl (C=O) groups excluding carboxylic acids is 1. The van der Waals surface area contributed by atoms with E-state index in [0.717, 1.165) is 12.8 Å². The highest BCUT2D eigenvalue weighted by molar-refractivity contribution is 5.82. The molecule has 1 N–H and O–H groups in total. The normalized spacial score (nSPS) is 36.3. The average Bonchev–Trinajstić information content (AvgIpc) is 2.87. The summed E-state index contributed by atoms with van der Waals surface area (Å²) in [5.74, 6) is 1.13. The van der Waals surface area contributed by atoms with Crippen LogP contribution in [0.3, 0.4) is 0 Å². The molecule has 0 amide bonds. The number of nitrogens with one attached hydrogen (secondary N) is 1. The third-order valence-electron chi connectivity index (χ3n) is 4.05. The summed E-state index contributed by atoms with van der Waals surface area (Å²) in [6, 6.07) is 0. The molecular weight excluding hydrogens is 202 g/mol. The summed E-state index contributed by atoms with van der Waals surface area (Å²) in [6.45, 7) is 6.72. The van der Waals surface area contributed by atoms with E-state index in [-0.39, 0.29) is 5.97 Å². The Kier molecular flexibility index (Phi) is 3.33. The van der Waals surface area contributed by atoms with E-state index in [4.69, 9.17) is 4.74 Å². The molecule has 3 nitrogen and oxygen atoms in total. The molecule has 0 saturated heterocycles. The van der Waals surface area contributed by atoms with Gasteiger partial charge in [0.25, 0.3) is 0 Å². The van der Waals surface area contributed by atoms with Crippen LogP contribution in [0, 0.1) is 11.8 Å². The van der Waals surface area contributed by atoms with Gasteiger partial charge in [-0.25, -0.2) is 0 Å². The van der Waals surface area contributed by atoms with Crippen molar-refractivity contribution >= 4 is 5.97 Å². The Bertz CT molecular complexity index is 290. The first-order valence-electron chi connectivity index (χ1n) is 6.26. The Morgan fingerprint density at radius 1 is 1.62 bits per heavy atom. The largest absolute Gasteiger partial charge is 0.465 e. The second-order valence-electron chi connectivity index (χ2n) is 4.94. The van der Waals surface area contributed by atoms with Crippen LogP contribution in [0.5, 0.6) is 0 Å². The lowest BCUT2D eigenvalue weighted by Gasteiger charge is -2.35. The number of fused-ring (bicyclic) bond motifs is 2. The van der Waals surface area contributed by atoms with Crippen molar-refractivity contribution in [2.75, 3.05) is 13.2 Å². The summed E-state index contributed by atoms with van der Waals surface area (Å²) in [5.41, 5.74) is -0.410. The van der Waals surface area contributed by atoms with E-state index < -0.39 is 5.54 Å². The molecular formula is C13H21NO2. The van der Waals surface area contributed by atoms with Gasteiger partial charge in [0.2, 0.25) is 0 Å². The maximum Gasteiger partial charge on any atom is 0.326 e.